The molecule has 0 bridgehead atoms. The molecule has 0 aliphatic heterocycles. The first-order valence-corrected chi connectivity index (χ1v) is 11.4. The van der Waals surface area contributed by atoms with Crippen LogP contribution in [-0.2, 0) is 16.6 Å². The molecule has 1 aliphatic rings. The van der Waals surface area contributed by atoms with E-state index in [2.05, 4.69) is 15.0 Å². The molecule has 2 N–H and O–H groups in total. The summed E-state index contributed by atoms with van der Waals surface area (Å²) in [7, 11) is -3.76. The molecule has 0 spiro atoms. The molecule has 0 atom stereocenters. The largest absolute Gasteiger partial charge is 0.348 e. The number of amides is 1. The molecule has 1 amide bonds. The fraction of sp³-hybridized carbons (Fsp3) is 0.200. The van der Waals surface area contributed by atoms with E-state index in [1.807, 2.05) is 0 Å². The van der Waals surface area contributed by atoms with Crippen molar-refractivity contribution in [2.24, 2.45) is 0 Å². The first-order chi connectivity index (χ1) is 13.9. The zero-order valence-corrected chi connectivity index (χ0v) is 16.9. The van der Waals surface area contributed by atoms with Crippen LogP contribution >= 0.6 is 11.3 Å². The van der Waals surface area contributed by atoms with E-state index in [1.54, 1.807) is 17.5 Å². The summed E-state index contributed by atoms with van der Waals surface area (Å²) in [5.41, 5.74) is 1.87. The number of carbonyl (C=O) groups excluding carboxylic acids is 1. The lowest BCUT2D eigenvalue weighted by atomic mass is 10.1. The summed E-state index contributed by atoms with van der Waals surface area (Å²) >= 11 is 1.18. The maximum atomic E-state index is 13.8. The van der Waals surface area contributed by atoms with Crippen molar-refractivity contribution in [1.29, 1.82) is 0 Å². The zero-order valence-electron chi connectivity index (χ0n) is 15.3. The van der Waals surface area contributed by atoms with Crippen LogP contribution in [0.15, 0.2) is 58.9 Å². The van der Waals surface area contributed by atoms with E-state index in [4.69, 9.17) is 0 Å². The van der Waals surface area contributed by atoms with Gasteiger partial charge in [0.2, 0.25) is 0 Å². The molecule has 1 saturated carbocycles. The van der Waals surface area contributed by atoms with Gasteiger partial charge in [0.25, 0.3) is 15.9 Å². The minimum absolute atomic E-state index is 0.0388. The van der Waals surface area contributed by atoms with Crippen molar-refractivity contribution in [2.45, 2.75) is 30.2 Å². The lowest BCUT2D eigenvalue weighted by molar-refractivity contribution is 0.0951. The Hall–Kier alpha value is -2.78. The monoisotopic (exact) mass is 431 g/mol. The van der Waals surface area contributed by atoms with Crippen LogP contribution in [0, 0.1) is 5.82 Å². The third-order valence-corrected chi connectivity index (χ3v) is 6.78. The molecule has 2 aromatic carbocycles. The van der Waals surface area contributed by atoms with Gasteiger partial charge in [0.15, 0.2) is 5.13 Å². The maximum absolute atomic E-state index is 13.8. The van der Waals surface area contributed by atoms with Gasteiger partial charge in [0.1, 0.15) is 5.82 Å². The quantitative estimate of drug-likeness (QED) is 0.594. The highest BCUT2D eigenvalue weighted by molar-refractivity contribution is 7.93. The Morgan fingerprint density at radius 1 is 1.17 bits per heavy atom. The first kappa shape index (κ1) is 19.5. The highest BCUT2D eigenvalue weighted by Gasteiger charge is 2.26. The fourth-order valence-electron chi connectivity index (χ4n) is 2.93. The topological polar surface area (TPSA) is 88.2 Å². The van der Waals surface area contributed by atoms with Crippen molar-refractivity contribution >= 4 is 32.4 Å². The average molecular weight is 432 g/mol. The highest BCUT2D eigenvalue weighted by atomic mass is 32.2. The second-order valence-corrected chi connectivity index (χ2v) is 9.36. The summed E-state index contributed by atoms with van der Waals surface area (Å²) < 4.78 is 40.9. The van der Waals surface area contributed by atoms with Crippen LogP contribution in [0.1, 0.15) is 40.2 Å². The molecule has 1 aromatic heterocycles. The molecule has 0 saturated heterocycles. The molecule has 3 aromatic rings. The molecule has 150 valence electrons. The van der Waals surface area contributed by atoms with Gasteiger partial charge >= 0.3 is 0 Å². The fourth-order valence-corrected chi connectivity index (χ4v) is 4.72. The number of nitrogens with zero attached hydrogens (tertiary/aromatic N) is 1. The lowest BCUT2D eigenvalue weighted by Gasteiger charge is -2.09. The van der Waals surface area contributed by atoms with Crippen LogP contribution in [0.25, 0.3) is 0 Å². The van der Waals surface area contributed by atoms with Crippen molar-refractivity contribution in [3.8, 4) is 0 Å². The van der Waals surface area contributed by atoms with Gasteiger partial charge in [-0.1, -0.05) is 12.1 Å². The number of benzene rings is 2. The number of anilines is 1. The van der Waals surface area contributed by atoms with Gasteiger partial charge in [-0.3, -0.25) is 9.52 Å². The van der Waals surface area contributed by atoms with E-state index in [0.29, 0.717) is 11.1 Å². The normalized spacial score (nSPS) is 13.8. The van der Waals surface area contributed by atoms with Gasteiger partial charge in [-0.15, -0.1) is 11.3 Å². The molecular weight excluding hydrogens is 413 g/mol. The summed E-state index contributed by atoms with van der Waals surface area (Å²) in [4.78, 5) is 16.3. The van der Waals surface area contributed by atoms with Crippen LogP contribution < -0.4 is 10.0 Å². The third-order valence-electron chi connectivity index (χ3n) is 4.61. The first-order valence-electron chi connectivity index (χ1n) is 9.01. The number of thiazole rings is 1. The molecular formula is C20H18FN3O3S2. The highest BCUT2D eigenvalue weighted by Crippen LogP contribution is 2.41. The minimum Gasteiger partial charge on any atom is -0.348 e. The number of carbonyl (C=O) groups is 1. The second-order valence-electron chi connectivity index (χ2n) is 6.78. The Labute approximate surface area is 171 Å². The molecule has 1 aliphatic carbocycles. The summed E-state index contributed by atoms with van der Waals surface area (Å²) in [6, 6.07) is 10.5. The van der Waals surface area contributed by atoms with Gasteiger partial charge < -0.3 is 5.32 Å². The standard InChI is InChI=1S/C20H18FN3O3S2/c21-18-8-1-13(11-17(18)14-2-3-14)12-23-19(25)15-4-6-16(7-5-15)29(26,27)24-20-22-9-10-28-20/h1,4-11,14H,2-3,12H2,(H,22,24)(H,23,25). The minimum atomic E-state index is -3.76. The zero-order chi connectivity index (χ0) is 20.4. The van der Waals surface area contributed by atoms with Gasteiger partial charge in [0.05, 0.1) is 4.90 Å². The Balaban J connectivity index is 1.40. The van der Waals surface area contributed by atoms with Crippen molar-refractivity contribution in [3.05, 3.63) is 76.5 Å². The van der Waals surface area contributed by atoms with E-state index < -0.39 is 10.0 Å². The van der Waals surface area contributed by atoms with Gasteiger partial charge in [-0.2, -0.15) is 0 Å². The summed E-state index contributed by atoms with van der Waals surface area (Å²) in [6.45, 7) is 0.268. The number of hydrogen-bond acceptors (Lipinski definition) is 5. The molecule has 1 fully saturated rings. The molecule has 0 unspecified atom stereocenters. The molecule has 4 rings (SSSR count). The Morgan fingerprint density at radius 2 is 1.93 bits per heavy atom. The van der Waals surface area contributed by atoms with Crippen LogP contribution in [0.5, 0.6) is 0 Å². The van der Waals surface area contributed by atoms with E-state index >= 15 is 0 Å². The predicted octanol–water partition coefficient (Wildman–Crippen LogP) is 3.89. The van der Waals surface area contributed by atoms with Gasteiger partial charge in [0, 0.05) is 23.7 Å². The Morgan fingerprint density at radius 3 is 2.59 bits per heavy atom. The van der Waals surface area contributed by atoms with Crippen molar-refractivity contribution in [1.82, 2.24) is 10.3 Å². The molecule has 29 heavy (non-hydrogen) atoms. The number of sulfonamides is 1. The molecule has 0 radical (unpaired) electrons. The van der Waals surface area contributed by atoms with Crippen LogP contribution in [0.3, 0.4) is 0 Å². The molecule has 9 heteroatoms. The number of hydrogen-bond donors (Lipinski definition) is 2. The van der Waals surface area contributed by atoms with Crippen molar-refractivity contribution in [2.75, 3.05) is 4.72 Å². The number of aromatic nitrogens is 1. The third kappa shape index (κ3) is 4.63. The predicted molar refractivity (Wildman–Crippen MR) is 109 cm³/mol. The summed E-state index contributed by atoms with van der Waals surface area (Å²) in [5, 5.41) is 4.72. The Kier molecular flexibility index (Phi) is 5.33. The SMILES string of the molecule is O=C(NCc1ccc(F)c(C2CC2)c1)c1ccc(S(=O)(=O)Nc2nccs2)cc1. The van der Waals surface area contributed by atoms with E-state index in [1.165, 1.54) is 47.9 Å². The van der Waals surface area contributed by atoms with Crippen LogP contribution in [0.2, 0.25) is 0 Å². The Bertz CT molecular complexity index is 1130. The lowest BCUT2D eigenvalue weighted by Crippen LogP contribution is -2.23. The molecule has 1 heterocycles. The maximum Gasteiger partial charge on any atom is 0.263 e. The van der Waals surface area contributed by atoms with Crippen LogP contribution in [-0.4, -0.2) is 19.3 Å². The van der Waals surface area contributed by atoms with Crippen molar-refractivity contribution < 1.29 is 17.6 Å². The average Bonchev–Trinajstić information content (AvgIpc) is 3.44. The number of nitrogens with one attached hydrogen (secondary N) is 2. The van der Waals surface area contributed by atoms with Crippen LogP contribution in [0.4, 0.5) is 9.52 Å². The molecule has 6 nitrogen and oxygen atoms in total. The summed E-state index contributed by atoms with van der Waals surface area (Å²) in [6.07, 6.45) is 3.50. The smallest absolute Gasteiger partial charge is 0.263 e. The van der Waals surface area contributed by atoms with E-state index in [0.717, 1.165) is 18.4 Å². The summed E-state index contributed by atoms with van der Waals surface area (Å²) in [5.74, 6) is -0.247. The van der Waals surface area contributed by atoms with E-state index in [9.17, 15) is 17.6 Å². The number of rotatable bonds is 7. The second kappa shape index (κ2) is 7.92. The van der Waals surface area contributed by atoms with Gasteiger partial charge in [-0.25, -0.2) is 17.8 Å². The number of halogens is 1. The van der Waals surface area contributed by atoms with E-state index in [-0.39, 0.29) is 34.2 Å². The van der Waals surface area contributed by atoms with Gasteiger partial charge in [-0.05, 0) is 60.2 Å². The van der Waals surface area contributed by atoms with Crippen molar-refractivity contribution in [3.63, 3.8) is 0 Å².